The molecule has 2 aromatic heterocycles. The van der Waals surface area contributed by atoms with Gasteiger partial charge in [0.05, 0.1) is 12.5 Å². The number of unbranched alkanes of at least 4 members (excludes halogenated alkanes) is 2. The molecule has 1 aliphatic heterocycles. The highest BCUT2D eigenvalue weighted by atomic mass is 16.5. The summed E-state index contributed by atoms with van der Waals surface area (Å²) >= 11 is 0. The third kappa shape index (κ3) is 4.55. The Kier molecular flexibility index (Phi) is 6.91. The first-order valence-corrected chi connectivity index (χ1v) is 11.6. The summed E-state index contributed by atoms with van der Waals surface area (Å²) in [5, 5.41) is 5.63. The van der Waals surface area contributed by atoms with Gasteiger partial charge in [0.25, 0.3) is 11.5 Å². The van der Waals surface area contributed by atoms with E-state index in [9.17, 15) is 14.4 Å². The van der Waals surface area contributed by atoms with Gasteiger partial charge in [0, 0.05) is 37.3 Å². The second-order valence-electron chi connectivity index (χ2n) is 8.45. The topological polar surface area (TPSA) is 86.4 Å². The third-order valence-electron chi connectivity index (χ3n) is 6.36. The number of carbonyl (C=O) groups is 2. The molecule has 1 fully saturated rings. The smallest absolute Gasteiger partial charge is 0.354 e. The van der Waals surface area contributed by atoms with Crippen LogP contribution in [-0.2, 0) is 11.3 Å². The van der Waals surface area contributed by atoms with Crippen LogP contribution in [0.4, 0.5) is 0 Å². The van der Waals surface area contributed by atoms with E-state index in [2.05, 4.69) is 12.0 Å². The normalized spacial score (nSPS) is 14.5. The molecular formula is C25H30N4O4. The number of hydrogen-bond acceptors (Lipinski definition) is 5. The number of amides is 1. The van der Waals surface area contributed by atoms with Crippen molar-refractivity contribution in [2.45, 2.75) is 51.6 Å². The maximum atomic E-state index is 13.5. The molecule has 0 N–H and O–H groups in total. The maximum Gasteiger partial charge on any atom is 0.354 e. The number of carbonyl (C=O) groups excluding carboxylic acids is 2. The van der Waals surface area contributed by atoms with E-state index >= 15 is 0 Å². The predicted octanol–water partition coefficient (Wildman–Crippen LogP) is 3.65. The molecule has 0 radical (unpaired) electrons. The van der Waals surface area contributed by atoms with Crippen molar-refractivity contribution in [3.8, 4) is 0 Å². The summed E-state index contributed by atoms with van der Waals surface area (Å²) in [6.45, 7) is 3.71. The molecule has 0 saturated carbocycles. The average Bonchev–Trinajstić information content (AvgIpc) is 3.35. The van der Waals surface area contributed by atoms with Gasteiger partial charge in [-0.3, -0.25) is 9.59 Å². The van der Waals surface area contributed by atoms with Crippen molar-refractivity contribution in [2.24, 2.45) is 0 Å². The van der Waals surface area contributed by atoms with Crippen molar-refractivity contribution in [1.82, 2.24) is 19.2 Å². The second kappa shape index (κ2) is 10.0. The number of ether oxygens (including phenoxy) is 1. The van der Waals surface area contributed by atoms with Gasteiger partial charge in [-0.1, -0.05) is 38.0 Å². The summed E-state index contributed by atoms with van der Waals surface area (Å²) in [6, 6.07) is 10.9. The fourth-order valence-corrected chi connectivity index (χ4v) is 4.54. The Hall–Kier alpha value is -3.42. The Balaban J connectivity index is 1.56. The zero-order valence-corrected chi connectivity index (χ0v) is 19.2. The summed E-state index contributed by atoms with van der Waals surface area (Å²) in [5.74, 6) is -0.519. The lowest BCUT2D eigenvalue weighted by molar-refractivity contribution is 0.0572. The Morgan fingerprint density at radius 1 is 1.06 bits per heavy atom. The van der Waals surface area contributed by atoms with E-state index in [1.54, 1.807) is 23.1 Å². The number of aromatic nitrogens is 3. The monoisotopic (exact) mass is 450 g/mol. The molecule has 4 rings (SSSR count). The number of fused-ring (bicyclic) bond motifs is 1. The van der Waals surface area contributed by atoms with E-state index in [0.717, 1.165) is 32.1 Å². The summed E-state index contributed by atoms with van der Waals surface area (Å²) in [7, 11) is 1.37. The average molecular weight is 451 g/mol. The number of esters is 1. The zero-order chi connectivity index (χ0) is 23.4. The van der Waals surface area contributed by atoms with Crippen molar-refractivity contribution in [3.05, 3.63) is 64.3 Å². The van der Waals surface area contributed by atoms with E-state index in [4.69, 9.17) is 4.74 Å². The summed E-state index contributed by atoms with van der Waals surface area (Å²) in [6.07, 6.45) is 6.22. The van der Waals surface area contributed by atoms with Gasteiger partial charge in [0.2, 0.25) is 0 Å². The minimum absolute atomic E-state index is 0.117. The molecule has 8 nitrogen and oxygen atoms in total. The molecule has 0 unspecified atom stereocenters. The number of methoxy groups -OCH3 is 1. The second-order valence-corrected chi connectivity index (χ2v) is 8.45. The number of nitrogens with zero attached hydrogens (tertiary/aromatic N) is 4. The van der Waals surface area contributed by atoms with Crippen molar-refractivity contribution < 1.29 is 14.3 Å². The van der Waals surface area contributed by atoms with E-state index in [1.807, 2.05) is 29.0 Å². The number of aryl methyl sites for hydroxylation is 1. The highest BCUT2D eigenvalue weighted by Gasteiger charge is 2.28. The largest absolute Gasteiger partial charge is 0.464 e. The van der Waals surface area contributed by atoms with E-state index in [1.165, 1.54) is 11.8 Å². The molecule has 1 aliphatic rings. The highest BCUT2D eigenvalue weighted by Crippen LogP contribution is 2.26. The number of likely N-dealkylation sites (tertiary alicyclic amines) is 1. The van der Waals surface area contributed by atoms with Crippen LogP contribution in [0.3, 0.4) is 0 Å². The van der Waals surface area contributed by atoms with E-state index in [-0.39, 0.29) is 23.5 Å². The lowest BCUT2D eigenvalue weighted by atomic mass is 10.0. The van der Waals surface area contributed by atoms with Crippen LogP contribution >= 0.6 is 0 Å². The summed E-state index contributed by atoms with van der Waals surface area (Å²) < 4.78 is 8.26. The Morgan fingerprint density at radius 3 is 2.48 bits per heavy atom. The number of piperidine rings is 1. The molecule has 3 heterocycles. The van der Waals surface area contributed by atoms with Crippen molar-refractivity contribution >= 4 is 22.6 Å². The van der Waals surface area contributed by atoms with Crippen LogP contribution in [0.15, 0.2) is 47.4 Å². The molecule has 0 spiro atoms. The molecule has 8 heteroatoms. The first kappa shape index (κ1) is 22.8. The van der Waals surface area contributed by atoms with Gasteiger partial charge in [-0.05, 0) is 37.5 Å². The Bertz CT molecular complexity index is 1200. The standard InChI is InChI=1S/C25H30N4O4/c1-3-4-7-15-29-23(30)20-10-6-5-9-19(20)22(26-29)24(31)27-16-12-18(13-17-27)28-14-8-11-21(28)25(32)33-2/h5-6,8-11,14,18H,3-4,7,12-13,15-17H2,1-2H3. The van der Waals surface area contributed by atoms with Gasteiger partial charge in [0.15, 0.2) is 5.69 Å². The summed E-state index contributed by atoms with van der Waals surface area (Å²) in [4.78, 5) is 40.2. The lowest BCUT2D eigenvalue weighted by Crippen LogP contribution is -2.40. The van der Waals surface area contributed by atoms with Crippen LogP contribution in [-0.4, -0.2) is 51.3 Å². The fourth-order valence-electron chi connectivity index (χ4n) is 4.54. The van der Waals surface area contributed by atoms with Crippen molar-refractivity contribution in [1.29, 1.82) is 0 Å². The molecule has 174 valence electrons. The van der Waals surface area contributed by atoms with Crippen LogP contribution in [0, 0.1) is 0 Å². The van der Waals surface area contributed by atoms with Gasteiger partial charge in [-0.2, -0.15) is 5.10 Å². The molecule has 0 atom stereocenters. The van der Waals surface area contributed by atoms with Gasteiger partial charge in [-0.15, -0.1) is 0 Å². The minimum atomic E-state index is -0.362. The number of rotatable bonds is 7. The van der Waals surface area contributed by atoms with Gasteiger partial charge in [0.1, 0.15) is 5.69 Å². The predicted molar refractivity (Wildman–Crippen MR) is 125 cm³/mol. The van der Waals surface area contributed by atoms with E-state index < -0.39 is 0 Å². The SMILES string of the molecule is CCCCCn1nc(C(=O)N2CCC(n3cccc3C(=O)OC)CC2)c2ccccc2c1=O. The Morgan fingerprint density at radius 2 is 1.79 bits per heavy atom. The molecule has 1 aromatic carbocycles. The summed E-state index contributed by atoms with van der Waals surface area (Å²) in [5.41, 5.74) is 0.699. The van der Waals surface area contributed by atoms with Gasteiger partial charge in [-0.25, -0.2) is 9.48 Å². The zero-order valence-electron chi connectivity index (χ0n) is 19.2. The third-order valence-corrected chi connectivity index (χ3v) is 6.36. The van der Waals surface area contributed by atoms with Crippen molar-refractivity contribution in [3.63, 3.8) is 0 Å². The molecule has 1 saturated heterocycles. The van der Waals surface area contributed by atoms with Crippen LogP contribution in [0.2, 0.25) is 0 Å². The van der Waals surface area contributed by atoms with Crippen LogP contribution in [0.1, 0.15) is 66.0 Å². The molecule has 33 heavy (non-hydrogen) atoms. The fraction of sp³-hybridized carbons (Fsp3) is 0.440. The lowest BCUT2D eigenvalue weighted by Gasteiger charge is -2.33. The van der Waals surface area contributed by atoms with Gasteiger partial charge < -0.3 is 14.2 Å². The maximum absolute atomic E-state index is 13.5. The van der Waals surface area contributed by atoms with Crippen molar-refractivity contribution in [2.75, 3.05) is 20.2 Å². The highest BCUT2D eigenvalue weighted by molar-refractivity contribution is 6.04. The Labute approximate surface area is 192 Å². The molecule has 3 aromatic rings. The molecule has 0 bridgehead atoms. The number of benzene rings is 1. The molecular weight excluding hydrogens is 420 g/mol. The quantitative estimate of drug-likeness (QED) is 0.405. The van der Waals surface area contributed by atoms with Gasteiger partial charge >= 0.3 is 5.97 Å². The minimum Gasteiger partial charge on any atom is -0.464 e. The first-order valence-electron chi connectivity index (χ1n) is 11.6. The number of hydrogen-bond donors (Lipinski definition) is 0. The first-order chi connectivity index (χ1) is 16.0. The van der Waals surface area contributed by atoms with Crippen LogP contribution in [0.5, 0.6) is 0 Å². The van der Waals surface area contributed by atoms with Crippen LogP contribution < -0.4 is 5.56 Å². The van der Waals surface area contributed by atoms with Crippen LogP contribution in [0.25, 0.3) is 10.8 Å². The molecule has 0 aliphatic carbocycles. The molecule has 1 amide bonds. The van der Waals surface area contributed by atoms with E-state index in [0.29, 0.717) is 41.8 Å².